The summed E-state index contributed by atoms with van der Waals surface area (Å²) in [5, 5.41) is 3.38. The van der Waals surface area contributed by atoms with Crippen molar-refractivity contribution in [3.05, 3.63) is 0 Å². The molecular weight excluding hydrogens is 244 g/mol. The Hall–Kier alpha value is -0.650. The normalized spacial score (nSPS) is 18.4. The number of rotatable bonds is 10. The lowest BCUT2D eigenvalue weighted by molar-refractivity contribution is -0.146. The molecule has 1 aliphatic carbocycles. The second-order valence-electron chi connectivity index (χ2n) is 5.14. The summed E-state index contributed by atoms with van der Waals surface area (Å²) < 4.78 is 10.3. The van der Waals surface area contributed by atoms with Crippen LogP contribution in [0, 0.1) is 0 Å². The van der Waals surface area contributed by atoms with Gasteiger partial charge >= 0.3 is 5.97 Å². The molecule has 0 saturated heterocycles. The van der Waals surface area contributed by atoms with Gasteiger partial charge in [0.2, 0.25) is 0 Å². The maximum absolute atomic E-state index is 12.0. The minimum atomic E-state index is -0.230. The molecule has 2 unspecified atom stereocenters. The van der Waals surface area contributed by atoms with E-state index in [1.54, 1.807) is 7.11 Å². The van der Waals surface area contributed by atoms with Gasteiger partial charge in [0, 0.05) is 25.7 Å². The molecule has 0 amide bonds. The van der Waals surface area contributed by atoms with E-state index in [9.17, 15) is 4.79 Å². The molecule has 0 aromatic rings. The first-order valence-corrected chi connectivity index (χ1v) is 7.28. The molecular formula is C14H28N2O3. The van der Waals surface area contributed by atoms with Gasteiger partial charge in [0.05, 0.1) is 13.2 Å². The Morgan fingerprint density at radius 3 is 2.58 bits per heavy atom. The molecule has 2 atom stereocenters. The Labute approximate surface area is 116 Å². The molecule has 0 aliphatic heterocycles. The van der Waals surface area contributed by atoms with E-state index in [-0.39, 0.29) is 12.0 Å². The zero-order valence-corrected chi connectivity index (χ0v) is 12.6. The molecule has 1 saturated carbocycles. The molecule has 0 spiro atoms. The van der Waals surface area contributed by atoms with E-state index in [2.05, 4.69) is 24.1 Å². The Morgan fingerprint density at radius 1 is 1.42 bits per heavy atom. The molecule has 0 aromatic heterocycles. The number of carbonyl (C=O) groups is 1. The number of nitrogens with one attached hydrogen (secondary N) is 1. The second kappa shape index (κ2) is 8.51. The highest BCUT2D eigenvalue weighted by atomic mass is 16.5. The third-order valence-corrected chi connectivity index (χ3v) is 3.44. The van der Waals surface area contributed by atoms with Crippen molar-refractivity contribution in [3.8, 4) is 0 Å². The molecule has 0 radical (unpaired) electrons. The number of methoxy groups -OCH3 is 1. The van der Waals surface area contributed by atoms with Crippen LogP contribution in [0.1, 0.15) is 33.6 Å². The molecule has 5 nitrogen and oxygen atoms in total. The highest BCUT2D eigenvalue weighted by Crippen LogP contribution is 2.20. The van der Waals surface area contributed by atoms with Gasteiger partial charge in [-0.2, -0.15) is 0 Å². The second-order valence-corrected chi connectivity index (χ2v) is 5.14. The summed E-state index contributed by atoms with van der Waals surface area (Å²) in [4.78, 5) is 14.2. The van der Waals surface area contributed by atoms with Gasteiger partial charge in [-0.1, -0.05) is 6.92 Å². The van der Waals surface area contributed by atoms with Gasteiger partial charge in [-0.25, -0.2) is 0 Å². The van der Waals surface area contributed by atoms with Crippen LogP contribution in [0.15, 0.2) is 0 Å². The fourth-order valence-electron chi connectivity index (χ4n) is 2.17. The predicted molar refractivity (Wildman–Crippen MR) is 75.2 cm³/mol. The SMILES string of the molecule is CCOC(=O)C(CN(CC)C(C)COC)NC1CC1. The van der Waals surface area contributed by atoms with Crippen LogP contribution >= 0.6 is 0 Å². The molecule has 0 heterocycles. The predicted octanol–water partition coefficient (Wildman–Crippen LogP) is 1.03. The number of nitrogens with zero attached hydrogens (tertiary/aromatic N) is 1. The van der Waals surface area contributed by atoms with E-state index in [4.69, 9.17) is 9.47 Å². The van der Waals surface area contributed by atoms with Crippen molar-refractivity contribution in [2.45, 2.75) is 51.7 Å². The van der Waals surface area contributed by atoms with Crippen molar-refractivity contribution in [1.29, 1.82) is 0 Å². The molecule has 1 aliphatic rings. The molecule has 112 valence electrons. The van der Waals surface area contributed by atoms with E-state index in [0.717, 1.165) is 19.4 Å². The fourth-order valence-corrected chi connectivity index (χ4v) is 2.17. The third kappa shape index (κ3) is 5.89. The highest BCUT2D eigenvalue weighted by Gasteiger charge is 2.31. The lowest BCUT2D eigenvalue weighted by Gasteiger charge is -2.30. The van der Waals surface area contributed by atoms with E-state index >= 15 is 0 Å². The van der Waals surface area contributed by atoms with Gasteiger partial charge < -0.3 is 14.8 Å². The van der Waals surface area contributed by atoms with Crippen molar-refractivity contribution in [2.75, 3.05) is 33.4 Å². The average molecular weight is 272 g/mol. The number of ether oxygens (including phenoxy) is 2. The summed E-state index contributed by atoms with van der Waals surface area (Å²) in [6.07, 6.45) is 2.32. The van der Waals surface area contributed by atoms with Gasteiger partial charge in [0.15, 0.2) is 0 Å². The van der Waals surface area contributed by atoms with Crippen molar-refractivity contribution in [1.82, 2.24) is 10.2 Å². The molecule has 19 heavy (non-hydrogen) atoms. The quantitative estimate of drug-likeness (QED) is 0.602. The van der Waals surface area contributed by atoms with Gasteiger partial charge in [-0.3, -0.25) is 9.69 Å². The Kier molecular flexibility index (Phi) is 7.34. The van der Waals surface area contributed by atoms with Gasteiger partial charge in [-0.15, -0.1) is 0 Å². The van der Waals surface area contributed by atoms with Gasteiger partial charge in [0.1, 0.15) is 6.04 Å². The van der Waals surface area contributed by atoms with Crippen molar-refractivity contribution < 1.29 is 14.3 Å². The maximum atomic E-state index is 12.0. The molecule has 1 fully saturated rings. The smallest absolute Gasteiger partial charge is 0.324 e. The molecule has 0 bridgehead atoms. The molecule has 5 heteroatoms. The largest absolute Gasteiger partial charge is 0.465 e. The summed E-state index contributed by atoms with van der Waals surface area (Å²) in [5.74, 6) is -0.141. The first-order chi connectivity index (χ1) is 9.12. The van der Waals surface area contributed by atoms with Crippen molar-refractivity contribution in [2.24, 2.45) is 0 Å². The number of likely N-dealkylation sites (N-methyl/N-ethyl adjacent to an activating group) is 1. The van der Waals surface area contributed by atoms with Crippen LogP contribution in [0.2, 0.25) is 0 Å². The Bertz CT molecular complexity index is 269. The minimum Gasteiger partial charge on any atom is -0.465 e. The van der Waals surface area contributed by atoms with E-state index in [1.807, 2.05) is 6.92 Å². The van der Waals surface area contributed by atoms with Crippen LogP contribution in [-0.4, -0.2) is 62.4 Å². The topological polar surface area (TPSA) is 50.8 Å². The number of esters is 1. The zero-order chi connectivity index (χ0) is 14.3. The maximum Gasteiger partial charge on any atom is 0.324 e. The minimum absolute atomic E-state index is 0.141. The van der Waals surface area contributed by atoms with Crippen molar-refractivity contribution >= 4 is 5.97 Å². The first kappa shape index (κ1) is 16.4. The summed E-state index contributed by atoms with van der Waals surface area (Å²) in [6.45, 7) is 8.74. The van der Waals surface area contributed by atoms with Crippen LogP contribution in [0.25, 0.3) is 0 Å². The molecule has 1 N–H and O–H groups in total. The molecule has 0 aromatic carbocycles. The van der Waals surface area contributed by atoms with Crippen LogP contribution < -0.4 is 5.32 Å². The van der Waals surface area contributed by atoms with Crippen LogP contribution in [0.5, 0.6) is 0 Å². The summed E-state index contributed by atoms with van der Waals surface area (Å²) in [7, 11) is 1.70. The number of hydrogen-bond acceptors (Lipinski definition) is 5. The summed E-state index contributed by atoms with van der Waals surface area (Å²) >= 11 is 0. The Balaban J connectivity index is 2.54. The van der Waals surface area contributed by atoms with E-state index < -0.39 is 0 Å². The Morgan fingerprint density at radius 2 is 2.11 bits per heavy atom. The number of carbonyl (C=O) groups excluding carboxylic acids is 1. The third-order valence-electron chi connectivity index (χ3n) is 3.44. The fraction of sp³-hybridized carbons (Fsp3) is 0.929. The van der Waals surface area contributed by atoms with Crippen LogP contribution in [0.4, 0.5) is 0 Å². The van der Waals surface area contributed by atoms with E-state index in [1.165, 1.54) is 0 Å². The summed E-state index contributed by atoms with van der Waals surface area (Å²) in [5.41, 5.74) is 0. The van der Waals surface area contributed by atoms with E-state index in [0.29, 0.717) is 31.8 Å². The zero-order valence-electron chi connectivity index (χ0n) is 12.6. The lowest BCUT2D eigenvalue weighted by atomic mass is 10.2. The standard InChI is InChI=1S/C14H28N2O3/c1-5-16(11(3)10-18-4)9-13(14(17)19-6-2)15-12-7-8-12/h11-13,15H,5-10H2,1-4H3. The number of hydrogen-bond donors (Lipinski definition) is 1. The van der Waals surface area contributed by atoms with Gasteiger partial charge in [0.25, 0.3) is 0 Å². The van der Waals surface area contributed by atoms with Gasteiger partial charge in [-0.05, 0) is 33.2 Å². The first-order valence-electron chi connectivity index (χ1n) is 7.28. The van der Waals surface area contributed by atoms with Crippen LogP contribution in [-0.2, 0) is 14.3 Å². The monoisotopic (exact) mass is 272 g/mol. The van der Waals surface area contributed by atoms with Crippen LogP contribution in [0.3, 0.4) is 0 Å². The molecule has 1 rings (SSSR count). The highest BCUT2D eigenvalue weighted by molar-refractivity contribution is 5.76. The lowest BCUT2D eigenvalue weighted by Crippen LogP contribution is -2.50. The average Bonchev–Trinajstić information content (AvgIpc) is 3.18. The van der Waals surface area contributed by atoms with Crippen molar-refractivity contribution in [3.63, 3.8) is 0 Å². The summed E-state index contributed by atoms with van der Waals surface area (Å²) in [6, 6.07) is 0.561.